The van der Waals surface area contributed by atoms with Gasteiger partial charge in [0.15, 0.2) is 0 Å². The van der Waals surface area contributed by atoms with Crippen molar-refractivity contribution in [3.63, 3.8) is 0 Å². The predicted octanol–water partition coefficient (Wildman–Crippen LogP) is 0.908. The van der Waals surface area contributed by atoms with Gasteiger partial charge in [0.05, 0.1) is 10.0 Å². The van der Waals surface area contributed by atoms with Crippen LogP contribution in [0.15, 0.2) is 22.7 Å². The van der Waals surface area contributed by atoms with Crippen LogP contribution >= 0.6 is 15.9 Å². The first kappa shape index (κ1) is 14.5. The molecule has 0 unspecified atom stereocenters. The lowest BCUT2D eigenvalue weighted by Crippen LogP contribution is -2.65. The molecule has 0 atom stereocenters. The molecule has 1 aromatic rings. The van der Waals surface area contributed by atoms with Gasteiger partial charge in [-0.3, -0.25) is 19.7 Å². The minimum atomic E-state index is -1.10. The number of nitrogens with zero attached hydrogens (tertiary/aromatic N) is 1. The Balaban J connectivity index is 2.43. The first-order valence-corrected chi connectivity index (χ1v) is 6.74. The topological polar surface area (TPSA) is 92.5 Å². The molecule has 20 heavy (non-hydrogen) atoms. The second-order valence-corrected chi connectivity index (χ2v) is 5.83. The van der Waals surface area contributed by atoms with Crippen molar-refractivity contribution >= 4 is 39.3 Å². The van der Waals surface area contributed by atoms with E-state index in [-0.39, 0.29) is 6.54 Å². The second kappa shape index (κ2) is 4.90. The lowest BCUT2D eigenvalue weighted by molar-refractivity contribution is -0.143. The van der Waals surface area contributed by atoms with Gasteiger partial charge in [0.2, 0.25) is 5.91 Å². The third-order valence-electron chi connectivity index (χ3n) is 3.29. The molecule has 0 spiro atoms. The summed E-state index contributed by atoms with van der Waals surface area (Å²) in [6.07, 6.45) is 0. The number of carbonyl (C=O) groups excluding carboxylic acids is 3. The van der Waals surface area contributed by atoms with Crippen LogP contribution in [0.1, 0.15) is 24.2 Å². The number of hydrogen-bond donors (Lipinski definition) is 2. The van der Waals surface area contributed by atoms with Crippen LogP contribution < -0.4 is 11.1 Å². The molecule has 1 saturated heterocycles. The van der Waals surface area contributed by atoms with Crippen LogP contribution in [0.2, 0.25) is 0 Å². The highest BCUT2D eigenvalue weighted by atomic mass is 79.9. The van der Waals surface area contributed by atoms with Crippen LogP contribution in [0.25, 0.3) is 0 Å². The molecule has 106 valence electrons. The average Bonchev–Trinajstić information content (AvgIpc) is 2.37. The Kier molecular flexibility index (Phi) is 3.56. The first-order valence-electron chi connectivity index (χ1n) is 5.95. The zero-order valence-electron chi connectivity index (χ0n) is 11.1. The van der Waals surface area contributed by atoms with Crippen molar-refractivity contribution in [2.45, 2.75) is 19.4 Å². The Labute approximate surface area is 124 Å². The fourth-order valence-corrected chi connectivity index (χ4v) is 2.40. The summed E-state index contributed by atoms with van der Waals surface area (Å²) >= 11 is 3.26. The van der Waals surface area contributed by atoms with Gasteiger partial charge in [-0.2, -0.15) is 0 Å². The van der Waals surface area contributed by atoms with Gasteiger partial charge in [-0.15, -0.1) is 0 Å². The molecule has 0 aliphatic carbocycles. The fraction of sp³-hybridized carbons (Fsp3) is 0.308. The predicted molar refractivity (Wildman–Crippen MR) is 76.8 cm³/mol. The fourth-order valence-electron chi connectivity index (χ4n) is 1.97. The normalized spacial score (nSPS) is 17.9. The summed E-state index contributed by atoms with van der Waals surface area (Å²) < 4.78 is 0.458. The van der Waals surface area contributed by atoms with Crippen LogP contribution in [0, 0.1) is 0 Å². The summed E-state index contributed by atoms with van der Waals surface area (Å²) in [5.41, 5.74) is 5.38. The third-order valence-corrected chi connectivity index (χ3v) is 4.17. The largest absolute Gasteiger partial charge is 0.398 e. The number of imide groups is 1. The molecule has 0 saturated carbocycles. The molecule has 2 rings (SSSR count). The Bertz CT molecular complexity index is 613. The van der Waals surface area contributed by atoms with Gasteiger partial charge in [-0.1, -0.05) is 6.07 Å². The Morgan fingerprint density at radius 1 is 1.40 bits per heavy atom. The summed E-state index contributed by atoms with van der Waals surface area (Å²) in [7, 11) is 0. The number of nitrogen functional groups attached to an aromatic ring is 1. The van der Waals surface area contributed by atoms with Crippen molar-refractivity contribution in [2.75, 3.05) is 12.3 Å². The van der Waals surface area contributed by atoms with Gasteiger partial charge in [-0.25, -0.2) is 0 Å². The molecule has 1 aromatic carbocycles. The minimum absolute atomic E-state index is 0.168. The van der Waals surface area contributed by atoms with E-state index in [4.69, 9.17) is 5.73 Å². The van der Waals surface area contributed by atoms with E-state index in [0.717, 1.165) is 0 Å². The van der Waals surface area contributed by atoms with Crippen LogP contribution in [0.4, 0.5) is 5.69 Å². The van der Waals surface area contributed by atoms with Crippen molar-refractivity contribution in [3.05, 3.63) is 28.2 Å². The molecule has 7 heteroatoms. The Hall–Kier alpha value is -1.89. The molecule has 1 heterocycles. The van der Waals surface area contributed by atoms with E-state index in [2.05, 4.69) is 21.2 Å². The zero-order valence-corrected chi connectivity index (χ0v) is 12.7. The van der Waals surface area contributed by atoms with Gasteiger partial charge < -0.3 is 10.6 Å². The van der Waals surface area contributed by atoms with E-state index in [1.54, 1.807) is 32.0 Å². The van der Waals surface area contributed by atoms with Crippen LogP contribution in [0.5, 0.6) is 0 Å². The maximum absolute atomic E-state index is 12.6. The number of rotatable bonds is 1. The van der Waals surface area contributed by atoms with E-state index in [9.17, 15) is 14.4 Å². The first-order chi connectivity index (χ1) is 9.25. The van der Waals surface area contributed by atoms with Crippen molar-refractivity contribution in [1.82, 2.24) is 10.2 Å². The number of carbonyl (C=O) groups is 3. The standard InChI is InChI=1S/C13H14BrN3O3/c1-13(2)12(20)16-9(18)6-17(13)11(19)7-4-3-5-8(15)10(7)14/h3-5H,6,15H2,1-2H3,(H,16,18,20). The average molecular weight is 340 g/mol. The second-order valence-electron chi connectivity index (χ2n) is 5.04. The molecule has 1 fully saturated rings. The lowest BCUT2D eigenvalue weighted by atomic mass is 9.97. The number of benzene rings is 1. The maximum Gasteiger partial charge on any atom is 0.256 e. The van der Waals surface area contributed by atoms with Gasteiger partial charge in [0.25, 0.3) is 11.8 Å². The SMILES string of the molecule is CC1(C)C(=O)NC(=O)CN1C(=O)c1cccc(N)c1Br. The molecule has 1 aliphatic heterocycles. The zero-order chi connectivity index (χ0) is 15.1. The van der Waals surface area contributed by atoms with Crippen LogP contribution in [0.3, 0.4) is 0 Å². The highest BCUT2D eigenvalue weighted by molar-refractivity contribution is 9.10. The quantitative estimate of drug-likeness (QED) is 0.587. The molecule has 3 N–H and O–H groups in total. The minimum Gasteiger partial charge on any atom is -0.398 e. The summed E-state index contributed by atoms with van der Waals surface area (Å²) in [5.74, 6) is -1.41. The van der Waals surface area contributed by atoms with Crippen molar-refractivity contribution in [1.29, 1.82) is 0 Å². The molecule has 0 radical (unpaired) electrons. The number of nitrogens with two attached hydrogens (primary N) is 1. The van der Waals surface area contributed by atoms with Gasteiger partial charge in [0.1, 0.15) is 12.1 Å². The third kappa shape index (κ3) is 2.29. The molecule has 0 bridgehead atoms. The van der Waals surface area contributed by atoms with Gasteiger partial charge >= 0.3 is 0 Å². The van der Waals surface area contributed by atoms with E-state index in [1.165, 1.54) is 4.90 Å². The lowest BCUT2D eigenvalue weighted by Gasteiger charge is -2.40. The summed E-state index contributed by atoms with van der Waals surface area (Å²) in [6.45, 7) is 3.01. The van der Waals surface area contributed by atoms with Crippen LogP contribution in [-0.2, 0) is 9.59 Å². The Morgan fingerprint density at radius 2 is 2.05 bits per heavy atom. The maximum atomic E-state index is 12.6. The molecule has 0 aromatic heterocycles. The van der Waals surface area contributed by atoms with E-state index >= 15 is 0 Å². The molecule has 1 aliphatic rings. The number of nitrogens with one attached hydrogen (secondary N) is 1. The number of halogens is 1. The number of amides is 3. The van der Waals surface area contributed by atoms with Crippen molar-refractivity contribution in [3.8, 4) is 0 Å². The highest BCUT2D eigenvalue weighted by Gasteiger charge is 2.44. The molecule has 6 nitrogen and oxygen atoms in total. The van der Waals surface area contributed by atoms with Crippen molar-refractivity contribution in [2.24, 2.45) is 0 Å². The van der Waals surface area contributed by atoms with Gasteiger partial charge in [0, 0.05) is 5.69 Å². The van der Waals surface area contributed by atoms with E-state index in [0.29, 0.717) is 15.7 Å². The number of hydrogen-bond acceptors (Lipinski definition) is 4. The van der Waals surface area contributed by atoms with Gasteiger partial charge in [-0.05, 0) is 41.9 Å². The smallest absolute Gasteiger partial charge is 0.256 e. The molecule has 3 amide bonds. The monoisotopic (exact) mass is 339 g/mol. The number of piperazine rings is 1. The van der Waals surface area contributed by atoms with Crippen LogP contribution in [-0.4, -0.2) is 34.7 Å². The van der Waals surface area contributed by atoms with Crippen molar-refractivity contribution < 1.29 is 14.4 Å². The molecular weight excluding hydrogens is 326 g/mol. The summed E-state index contributed by atoms with van der Waals surface area (Å²) in [6, 6.07) is 4.89. The van der Waals surface area contributed by atoms with E-state index in [1.807, 2.05) is 0 Å². The Morgan fingerprint density at radius 3 is 2.70 bits per heavy atom. The van der Waals surface area contributed by atoms with E-state index < -0.39 is 23.3 Å². The summed E-state index contributed by atoms with van der Waals surface area (Å²) in [4.78, 5) is 37.2. The summed E-state index contributed by atoms with van der Waals surface area (Å²) in [5, 5.41) is 2.22. The number of anilines is 1. The molecular formula is C13H14BrN3O3. The highest BCUT2D eigenvalue weighted by Crippen LogP contribution is 2.28.